The number of hydrogen-bond donors (Lipinski definition) is 3. The fourth-order valence-electron chi connectivity index (χ4n) is 5.64. The van der Waals surface area contributed by atoms with E-state index in [1.165, 1.54) is 47.0 Å². The molecule has 3 atom stereocenters. The van der Waals surface area contributed by atoms with E-state index in [1.54, 1.807) is 19.9 Å². The summed E-state index contributed by atoms with van der Waals surface area (Å²) in [5, 5.41) is 13.3. The molecule has 46 heavy (non-hydrogen) atoms. The maximum absolute atomic E-state index is 14.1. The molecule has 0 aliphatic carbocycles. The number of ketones is 1. The lowest BCUT2D eigenvalue weighted by molar-refractivity contribution is -0.121. The van der Waals surface area contributed by atoms with Crippen molar-refractivity contribution in [3.8, 4) is 0 Å². The number of amides is 1. The molecule has 0 saturated carbocycles. The van der Waals surface area contributed by atoms with Crippen molar-refractivity contribution >= 4 is 38.9 Å². The Kier molecular flexibility index (Phi) is 11.7. The number of carbonyl (C=O) groups excluding carboxylic acids is 2. The number of anilines is 1. The van der Waals surface area contributed by atoms with Gasteiger partial charge in [0.2, 0.25) is 10.0 Å². The van der Waals surface area contributed by atoms with Crippen LogP contribution in [-0.4, -0.2) is 55.5 Å². The van der Waals surface area contributed by atoms with Crippen molar-refractivity contribution < 1.29 is 27.9 Å². The molecule has 0 aliphatic rings. The zero-order valence-electron chi connectivity index (χ0n) is 26.4. The van der Waals surface area contributed by atoms with Crippen LogP contribution < -0.4 is 11.1 Å². The molecule has 0 aliphatic heterocycles. The van der Waals surface area contributed by atoms with Gasteiger partial charge in [-0.25, -0.2) is 13.2 Å². The monoisotopic (exact) mass is 663 g/mol. The van der Waals surface area contributed by atoms with Gasteiger partial charge >= 0.3 is 6.09 Å². The first kappa shape index (κ1) is 34.8. The summed E-state index contributed by atoms with van der Waals surface area (Å²) in [7, 11) is -2.71. The highest BCUT2D eigenvalue weighted by atomic mass is 32.2. The number of thiophene rings is 1. The Balaban J connectivity index is 1.62. The van der Waals surface area contributed by atoms with Crippen molar-refractivity contribution in [1.29, 1.82) is 0 Å². The van der Waals surface area contributed by atoms with E-state index >= 15 is 0 Å². The van der Waals surface area contributed by atoms with Gasteiger partial charge in [-0.2, -0.15) is 4.31 Å². The number of nitrogen functional groups attached to an aromatic ring is 1. The molecule has 0 bridgehead atoms. The third kappa shape index (κ3) is 8.03. The summed E-state index contributed by atoms with van der Waals surface area (Å²) in [4.78, 5) is 28.2. The Hall–Kier alpha value is -4.03. The number of nitrogens with zero attached hydrogens (tertiary/aromatic N) is 1. The lowest BCUT2D eigenvalue weighted by atomic mass is 9.81. The summed E-state index contributed by atoms with van der Waals surface area (Å²) in [6, 6.07) is 26.5. The van der Waals surface area contributed by atoms with E-state index in [0.29, 0.717) is 10.6 Å². The Bertz CT molecular complexity index is 1650. The van der Waals surface area contributed by atoms with Crippen LogP contribution in [0.2, 0.25) is 0 Å². The van der Waals surface area contributed by atoms with Crippen molar-refractivity contribution in [1.82, 2.24) is 9.62 Å². The van der Waals surface area contributed by atoms with Crippen molar-refractivity contribution in [3.63, 3.8) is 0 Å². The average Bonchev–Trinajstić information content (AvgIpc) is 3.54. The highest BCUT2D eigenvalue weighted by Crippen LogP contribution is 2.38. The van der Waals surface area contributed by atoms with Gasteiger partial charge in [-0.05, 0) is 67.3 Å². The van der Waals surface area contributed by atoms with Crippen LogP contribution in [0.15, 0.2) is 102 Å². The minimum atomic E-state index is -3.98. The van der Waals surface area contributed by atoms with Gasteiger partial charge in [0, 0.05) is 33.8 Å². The number of nitrogens with one attached hydrogen (secondary N) is 1. The molecule has 0 radical (unpaired) electrons. The normalized spacial score (nSPS) is 13.8. The van der Waals surface area contributed by atoms with Gasteiger partial charge in [-0.1, -0.05) is 67.6 Å². The van der Waals surface area contributed by atoms with Crippen molar-refractivity contribution in [3.05, 3.63) is 118 Å². The second kappa shape index (κ2) is 15.5. The Labute approximate surface area is 275 Å². The molecule has 4 aromatic rings. The molecular formula is C35H41N3O6S2. The van der Waals surface area contributed by atoms with Gasteiger partial charge in [0.25, 0.3) is 0 Å². The zero-order valence-corrected chi connectivity index (χ0v) is 28.0. The maximum atomic E-state index is 14.1. The summed E-state index contributed by atoms with van der Waals surface area (Å²) in [6.07, 6.45) is -0.602. The second-order valence-electron chi connectivity index (χ2n) is 11.4. The number of nitrogens with two attached hydrogens (primary N) is 1. The average molecular weight is 664 g/mol. The lowest BCUT2D eigenvalue weighted by Crippen LogP contribution is -2.45. The number of alkyl carbamates (subject to hydrolysis) is 1. The fourth-order valence-corrected chi connectivity index (χ4v) is 8.65. The van der Waals surface area contributed by atoms with Gasteiger partial charge in [-0.3, -0.25) is 4.79 Å². The molecule has 0 fully saturated rings. The first-order valence-corrected chi connectivity index (χ1v) is 17.3. The van der Waals surface area contributed by atoms with Crippen LogP contribution in [0.1, 0.15) is 66.0 Å². The molecule has 1 aromatic heterocycles. The van der Waals surface area contributed by atoms with Crippen molar-refractivity contribution in [2.45, 2.75) is 62.0 Å². The highest BCUT2D eigenvalue weighted by molar-refractivity contribution is 7.89. The molecule has 4 N–H and O–H groups in total. The quantitative estimate of drug-likeness (QED) is 0.139. The van der Waals surface area contributed by atoms with Crippen LogP contribution in [0.5, 0.6) is 0 Å². The summed E-state index contributed by atoms with van der Waals surface area (Å²) >= 11 is 1.36. The zero-order chi connectivity index (χ0) is 33.4. The number of aliphatic hydroxyl groups excluding tert-OH is 1. The van der Waals surface area contributed by atoms with Crippen molar-refractivity contribution in [2.75, 3.05) is 19.5 Å². The third-order valence-electron chi connectivity index (χ3n) is 7.87. The van der Waals surface area contributed by atoms with Crippen LogP contribution in [0, 0.1) is 0 Å². The highest BCUT2D eigenvalue weighted by Gasteiger charge is 2.36. The van der Waals surface area contributed by atoms with E-state index in [1.807, 2.05) is 73.7 Å². The topological polar surface area (TPSA) is 139 Å². The molecule has 0 unspecified atom stereocenters. The first-order chi connectivity index (χ1) is 22.0. The summed E-state index contributed by atoms with van der Waals surface area (Å²) in [5.74, 6) is -0.906. The van der Waals surface area contributed by atoms with Crippen molar-refractivity contribution in [2.24, 2.45) is 0 Å². The molecular weight excluding hydrogens is 623 g/mol. The summed E-state index contributed by atoms with van der Waals surface area (Å²) in [6.45, 7) is 5.01. The molecule has 4 rings (SSSR count). The Morgan fingerprint density at radius 3 is 1.91 bits per heavy atom. The van der Waals surface area contributed by atoms with Gasteiger partial charge < -0.3 is 20.9 Å². The first-order valence-electron chi connectivity index (χ1n) is 15.0. The largest absolute Gasteiger partial charge is 0.453 e. The molecule has 11 heteroatoms. The maximum Gasteiger partial charge on any atom is 0.407 e. The summed E-state index contributed by atoms with van der Waals surface area (Å²) in [5.41, 5.74) is 7.97. The van der Waals surface area contributed by atoms with E-state index in [-0.39, 0.29) is 23.0 Å². The molecule has 1 heterocycles. The molecule has 3 aromatic carbocycles. The predicted molar refractivity (Wildman–Crippen MR) is 181 cm³/mol. The fraction of sp³-hybridized carbons (Fsp3) is 0.314. The van der Waals surface area contributed by atoms with Crippen LogP contribution in [-0.2, 0) is 19.6 Å². The van der Waals surface area contributed by atoms with Gasteiger partial charge in [0.1, 0.15) is 6.04 Å². The third-order valence-corrected chi connectivity index (χ3v) is 11.4. The van der Waals surface area contributed by atoms with E-state index in [4.69, 9.17) is 10.5 Å². The van der Waals surface area contributed by atoms with E-state index in [2.05, 4.69) is 5.32 Å². The second-order valence-corrected chi connectivity index (χ2v) is 14.4. The summed E-state index contributed by atoms with van der Waals surface area (Å²) < 4.78 is 33.7. The van der Waals surface area contributed by atoms with Crippen LogP contribution in [0.3, 0.4) is 0 Å². The molecule has 9 nitrogen and oxygen atoms in total. The number of ether oxygens (including phenoxy) is 1. The van der Waals surface area contributed by atoms with E-state index in [9.17, 15) is 23.1 Å². The number of hydrogen-bond acceptors (Lipinski definition) is 8. The smallest absolute Gasteiger partial charge is 0.407 e. The standard InChI is InChI=1S/C35H41N3O6S2/c1-23(2)38(46(42,43)28-17-15-27(36)16-18-28)29(22-39)32-20-19-31(45-32)24(3)21-30(40)34(37-35(41)44-4)33(25-11-7-5-8-12-25)26-13-9-6-10-14-26/h5-20,23-24,29,33-34,39H,21-22,36H2,1-4H3,(H,37,41)/t24-,29-,34-/m1/s1. The molecule has 0 spiro atoms. The van der Waals surface area contributed by atoms with Crippen LogP contribution in [0.25, 0.3) is 0 Å². The van der Waals surface area contributed by atoms with Gasteiger partial charge in [-0.15, -0.1) is 11.3 Å². The van der Waals surface area contributed by atoms with Gasteiger partial charge in [0.05, 0.1) is 24.7 Å². The number of Topliss-reactive ketones (excluding diaryl/α,β-unsaturated/α-hetero) is 1. The van der Waals surface area contributed by atoms with E-state index in [0.717, 1.165) is 16.0 Å². The number of benzene rings is 3. The SMILES string of the molecule is COC(=O)N[C@H](C(=O)C[C@@H](C)c1ccc([C@@H](CO)N(C(C)C)S(=O)(=O)c2ccc(N)cc2)s1)C(c1ccccc1)c1ccccc1. The lowest BCUT2D eigenvalue weighted by Gasteiger charge is -2.32. The predicted octanol–water partition coefficient (Wildman–Crippen LogP) is 6.08. The minimum absolute atomic E-state index is 0.0835. The molecule has 244 valence electrons. The Morgan fingerprint density at radius 1 is 0.870 bits per heavy atom. The van der Waals surface area contributed by atoms with Crippen LogP contribution >= 0.6 is 11.3 Å². The van der Waals surface area contributed by atoms with Crippen LogP contribution in [0.4, 0.5) is 10.5 Å². The number of methoxy groups -OCH3 is 1. The molecule has 1 amide bonds. The number of rotatable bonds is 14. The number of carbonyl (C=O) groups is 2. The minimum Gasteiger partial charge on any atom is -0.453 e. The van der Waals surface area contributed by atoms with E-state index < -0.39 is 46.8 Å². The number of aliphatic hydroxyl groups is 1. The Morgan fingerprint density at radius 2 is 1.41 bits per heavy atom. The number of sulfonamides is 1. The van der Waals surface area contributed by atoms with Gasteiger partial charge in [0.15, 0.2) is 5.78 Å². The molecule has 0 saturated heterocycles.